The van der Waals surface area contributed by atoms with Crippen LogP contribution in [-0.4, -0.2) is 62.7 Å². The van der Waals surface area contributed by atoms with E-state index < -0.39 is 17.4 Å². The maximum absolute atomic E-state index is 12.6. The zero-order valence-electron chi connectivity index (χ0n) is 13.8. The van der Waals surface area contributed by atoms with Gasteiger partial charge in [-0.2, -0.15) is 4.98 Å². The van der Waals surface area contributed by atoms with E-state index in [0.717, 1.165) is 4.57 Å². The summed E-state index contributed by atoms with van der Waals surface area (Å²) in [4.78, 5) is 31.3. The minimum Gasteiger partial charge on any atom is -0.390 e. The summed E-state index contributed by atoms with van der Waals surface area (Å²) in [6.07, 6.45) is -0.816. The molecule has 1 fully saturated rings. The molecule has 10 nitrogen and oxygen atoms in total. The van der Waals surface area contributed by atoms with Crippen molar-refractivity contribution in [2.75, 3.05) is 37.7 Å². The van der Waals surface area contributed by atoms with E-state index in [1.165, 1.54) is 11.6 Å². The lowest BCUT2D eigenvalue weighted by atomic mass is 10.3. The normalized spacial score (nSPS) is 16.8. The summed E-state index contributed by atoms with van der Waals surface area (Å²) in [6.45, 7) is 2.55. The minimum atomic E-state index is -0.816. The fourth-order valence-corrected chi connectivity index (χ4v) is 2.90. The summed E-state index contributed by atoms with van der Waals surface area (Å²) in [6, 6.07) is 0. The van der Waals surface area contributed by atoms with Crippen molar-refractivity contribution in [2.24, 2.45) is 19.8 Å². The van der Waals surface area contributed by atoms with Gasteiger partial charge in [0.15, 0.2) is 11.2 Å². The third kappa shape index (κ3) is 2.62. The average molecular weight is 338 g/mol. The molecule has 1 aliphatic rings. The molecule has 24 heavy (non-hydrogen) atoms. The number of anilines is 1. The Bertz CT molecular complexity index is 861. The molecular formula is C14H22N6O4. The molecule has 0 aromatic carbocycles. The zero-order valence-corrected chi connectivity index (χ0v) is 13.8. The fourth-order valence-electron chi connectivity index (χ4n) is 2.90. The Morgan fingerprint density at radius 2 is 1.92 bits per heavy atom. The van der Waals surface area contributed by atoms with Crippen molar-refractivity contribution in [1.82, 2.24) is 18.7 Å². The van der Waals surface area contributed by atoms with Crippen LogP contribution in [0.4, 0.5) is 5.95 Å². The fraction of sp³-hybridized carbons (Fsp3) is 0.643. The highest BCUT2D eigenvalue weighted by Gasteiger charge is 2.24. The van der Waals surface area contributed by atoms with E-state index in [-0.39, 0.29) is 18.6 Å². The summed E-state index contributed by atoms with van der Waals surface area (Å²) < 4.78 is 9.39. The second kappa shape index (κ2) is 6.38. The first kappa shape index (κ1) is 16.7. The number of nitrogens with two attached hydrogens (primary N) is 1. The van der Waals surface area contributed by atoms with Crippen molar-refractivity contribution < 1.29 is 9.84 Å². The molecule has 2 aromatic rings. The van der Waals surface area contributed by atoms with Gasteiger partial charge in [-0.1, -0.05) is 0 Å². The predicted molar refractivity (Wildman–Crippen MR) is 88.3 cm³/mol. The SMILES string of the molecule is Cn1c(=O)c2c(nc(N3CCOCC3)n2CC(O)CN)n(C)c1=O. The summed E-state index contributed by atoms with van der Waals surface area (Å²) >= 11 is 0. The monoisotopic (exact) mass is 338 g/mol. The quantitative estimate of drug-likeness (QED) is 0.637. The third-order valence-corrected chi connectivity index (χ3v) is 4.29. The van der Waals surface area contributed by atoms with Crippen molar-refractivity contribution in [3.8, 4) is 0 Å². The van der Waals surface area contributed by atoms with Gasteiger partial charge in [0.2, 0.25) is 5.95 Å². The van der Waals surface area contributed by atoms with E-state index in [0.29, 0.717) is 37.9 Å². The van der Waals surface area contributed by atoms with Crippen LogP contribution >= 0.6 is 0 Å². The highest BCUT2D eigenvalue weighted by Crippen LogP contribution is 2.21. The highest BCUT2D eigenvalue weighted by atomic mass is 16.5. The van der Waals surface area contributed by atoms with Crippen LogP contribution in [0.5, 0.6) is 0 Å². The molecule has 1 unspecified atom stereocenters. The van der Waals surface area contributed by atoms with Gasteiger partial charge in [0.05, 0.1) is 25.9 Å². The van der Waals surface area contributed by atoms with Crippen LogP contribution in [0.1, 0.15) is 0 Å². The standard InChI is InChI=1S/C14H22N6O4/c1-17-11-10(12(22)18(2)14(17)23)20(8-9(21)7-15)13(16-11)19-3-5-24-6-4-19/h9,21H,3-8,15H2,1-2H3. The van der Waals surface area contributed by atoms with Gasteiger partial charge >= 0.3 is 5.69 Å². The molecule has 3 rings (SSSR count). The Morgan fingerprint density at radius 1 is 1.25 bits per heavy atom. The Balaban J connectivity index is 2.28. The number of aryl methyl sites for hydroxylation is 1. The number of hydrogen-bond acceptors (Lipinski definition) is 7. The number of nitrogens with zero attached hydrogens (tertiary/aromatic N) is 5. The summed E-state index contributed by atoms with van der Waals surface area (Å²) in [5, 5.41) is 10.0. The van der Waals surface area contributed by atoms with Crippen LogP contribution in [0.3, 0.4) is 0 Å². The molecular weight excluding hydrogens is 316 g/mol. The lowest BCUT2D eigenvalue weighted by molar-refractivity contribution is 0.121. The van der Waals surface area contributed by atoms with Gasteiger partial charge in [0.25, 0.3) is 5.56 Å². The van der Waals surface area contributed by atoms with E-state index in [2.05, 4.69) is 4.98 Å². The first-order valence-electron chi connectivity index (χ1n) is 7.82. The van der Waals surface area contributed by atoms with Gasteiger partial charge in [-0.3, -0.25) is 13.9 Å². The maximum atomic E-state index is 12.6. The van der Waals surface area contributed by atoms with E-state index in [4.69, 9.17) is 10.5 Å². The number of fused-ring (bicyclic) bond motifs is 1. The number of aliphatic hydroxyl groups excluding tert-OH is 1. The molecule has 10 heteroatoms. The van der Waals surface area contributed by atoms with Crippen molar-refractivity contribution in [2.45, 2.75) is 12.6 Å². The second-order valence-corrected chi connectivity index (χ2v) is 5.89. The van der Waals surface area contributed by atoms with Crippen molar-refractivity contribution >= 4 is 17.1 Å². The van der Waals surface area contributed by atoms with Crippen molar-refractivity contribution in [1.29, 1.82) is 0 Å². The number of morpholine rings is 1. The largest absolute Gasteiger partial charge is 0.390 e. The van der Waals surface area contributed by atoms with Gasteiger partial charge in [0, 0.05) is 33.7 Å². The number of rotatable bonds is 4. The van der Waals surface area contributed by atoms with Crippen molar-refractivity contribution in [3.05, 3.63) is 20.8 Å². The second-order valence-electron chi connectivity index (χ2n) is 5.89. The first-order valence-corrected chi connectivity index (χ1v) is 7.82. The molecule has 1 aliphatic heterocycles. The summed E-state index contributed by atoms with van der Waals surface area (Å²) in [5.41, 5.74) is 5.23. The van der Waals surface area contributed by atoms with Crippen LogP contribution in [0.15, 0.2) is 9.59 Å². The Kier molecular flexibility index (Phi) is 4.43. The molecule has 0 amide bonds. The molecule has 132 valence electrons. The molecule has 0 saturated carbocycles. The molecule has 2 aromatic heterocycles. The summed E-state index contributed by atoms with van der Waals surface area (Å²) in [7, 11) is 3.00. The van der Waals surface area contributed by atoms with Crippen LogP contribution < -0.4 is 21.9 Å². The molecule has 1 atom stereocenters. The summed E-state index contributed by atoms with van der Waals surface area (Å²) in [5.74, 6) is 0.541. The van der Waals surface area contributed by atoms with E-state index in [1.807, 2.05) is 4.90 Å². The highest BCUT2D eigenvalue weighted by molar-refractivity contribution is 5.74. The van der Waals surface area contributed by atoms with E-state index in [9.17, 15) is 14.7 Å². The van der Waals surface area contributed by atoms with Crippen molar-refractivity contribution in [3.63, 3.8) is 0 Å². The molecule has 1 saturated heterocycles. The number of aromatic nitrogens is 4. The maximum Gasteiger partial charge on any atom is 0.332 e. The van der Waals surface area contributed by atoms with Crippen LogP contribution in [0.25, 0.3) is 11.2 Å². The average Bonchev–Trinajstić information content (AvgIpc) is 2.98. The molecule has 0 bridgehead atoms. The third-order valence-electron chi connectivity index (χ3n) is 4.29. The van der Waals surface area contributed by atoms with Gasteiger partial charge in [-0.05, 0) is 0 Å². The number of imidazole rings is 1. The smallest absolute Gasteiger partial charge is 0.332 e. The minimum absolute atomic E-state index is 0.0638. The topological polar surface area (TPSA) is 121 Å². The molecule has 0 spiro atoms. The number of hydrogen-bond donors (Lipinski definition) is 2. The predicted octanol–water partition coefficient (Wildman–Crippen LogP) is -2.41. The van der Waals surface area contributed by atoms with Crippen LogP contribution in [0.2, 0.25) is 0 Å². The Morgan fingerprint density at radius 3 is 2.54 bits per heavy atom. The Labute approximate surface area is 137 Å². The molecule has 0 aliphatic carbocycles. The Hall–Kier alpha value is -2.17. The van der Waals surface area contributed by atoms with Gasteiger partial charge in [-0.25, -0.2) is 4.79 Å². The molecule has 3 heterocycles. The van der Waals surface area contributed by atoms with Crippen LogP contribution in [0, 0.1) is 0 Å². The number of aliphatic hydroxyl groups is 1. The van der Waals surface area contributed by atoms with E-state index >= 15 is 0 Å². The molecule has 3 N–H and O–H groups in total. The van der Waals surface area contributed by atoms with Gasteiger partial charge < -0.3 is 25.0 Å². The van der Waals surface area contributed by atoms with Crippen LogP contribution in [-0.2, 0) is 25.4 Å². The lowest BCUT2D eigenvalue weighted by Crippen LogP contribution is -2.39. The first-order chi connectivity index (χ1) is 11.5. The van der Waals surface area contributed by atoms with Gasteiger partial charge in [-0.15, -0.1) is 0 Å². The zero-order chi connectivity index (χ0) is 17.4. The number of ether oxygens (including phenoxy) is 1. The molecule has 0 radical (unpaired) electrons. The van der Waals surface area contributed by atoms with E-state index in [1.54, 1.807) is 11.6 Å². The van der Waals surface area contributed by atoms with Gasteiger partial charge in [0.1, 0.15) is 0 Å². The lowest BCUT2D eigenvalue weighted by Gasteiger charge is -2.28.